The molecule has 0 spiro atoms. The number of carbonyl (C=O) groups is 1. The third kappa shape index (κ3) is 7.27. The van der Waals surface area contributed by atoms with Crippen LogP contribution in [0, 0.1) is 23.4 Å². The minimum absolute atomic E-state index is 0.0107. The maximum Gasteiger partial charge on any atom is 0.307 e. The van der Waals surface area contributed by atoms with E-state index < -0.39 is 36.0 Å². The minimum Gasteiger partial charge on any atom is -0.497 e. The number of carboxylic acids is 1. The molecule has 0 aliphatic carbocycles. The Hall–Kier alpha value is -3.46. The fraction of sp³-hybridized carbons (Fsp3) is 0.333. The number of carboxylic acid groups (broad SMARTS) is 1. The van der Waals surface area contributed by atoms with Crippen LogP contribution in [0.3, 0.4) is 0 Å². The van der Waals surface area contributed by atoms with Crippen LogP contribution >= 0.6 is 0 Å². The minimum atomic E-state index is -1.04. The SMILES string of the molecule is COc1ccc2ncc(F)c(CCC[C@@H](CN(C/C=C/c3cc(F)ccc3F)CCF)C(=O)O)c2c1. The molecular weight excluding hydrogens is 476 g/mol. The van der Waals surface area contributed by atoms with Gasteiger partial charge in [0.05, 0.1) is 24.7 Å². The first-order valence-electron chi connectivity index (χ1n) is 11.6. The highest BCUT2D eigenvalue weighted by Gasteiger charge is 2.21. The van der Waals surface area contributed by atoms with Crippen molar-refractivity contribution in [2.75, 3.05) is 33.4 Å². The van der Waals surface area contributed by atoms with E-state index in [1.807, 2.05) is 0 Å². The average Bonchev–Trinajstić information content (AvgIpc) is 2.86. The summed E-state index contributed by atoms with van der Waals surface area (Å²) in [7, 11) is 1.51. The number of benzene rings is 2. The van der Waals surface area contributed by atoms with Crippen molar-refractivity contribution in [3.05, 3.63) is 77.2 Å². The van der Waals surface area contributed by atoms with Gasteiger partial charge in [-0.25, -0.2) is 17.6 Å². The van der Waals surface area contributed by atoms with Crippen LogP contribution in [-0.4, -0.2) is 54.4 Å². The zero-order valence-corrected chi connectivity index (χ0v) is 19.9. The van der Waals surface area contributed by atoms with E-state index in [2.05, 4.69) is 4.98 Å². The molecule has 0 fully saturated rings. The number of pyridine rings is 1. The van der Waals surface area contributed by atoms with Crippen LogP contribution in [-0.2, 0) is 11.2 Å². The molecule has 2 aromatic carbocycles. The molecule has 0 amide bonds. The number of aromatic nitrogens is 1. The predicted octanol–water partition coefficient (Wildman–Crippen LogP) is 5.67. The Bertz CT molecular complexity index is 1220. The van der Waals surface area contributed by atoms with Gasteiger partial charge in [-0.2, -0.15) is 0 Å². The second kappa shape index (κ2) is 13.0. The summed E-state index contributed by atoms with van der Waals surface area (Å²) >= 11 is 0. The van der Waals surface area contributed by atoms with Gasteiger partial charge in [-0.3, -0.25) is 14.7 Å². The van der Waals surface area contributed by atoms with E-state index in [0.29, 0.717) is 35.1 Å². The molecule has 3 rings (SSSR count). The molecule has 0 saturated carbocycles. The van der Waals surface area contributed by atoms with Crippen LogP contribution in [0.4, 0.5) is 17.6 Å². The Balaban J connectivity index is 1.65. The number of ether oxygens (including phenoxy) is 1. The number of fused-ring (bicyclic) bond motifs is 1. The Morgan fingerprint density at radius 3 is 2.69 bits per heavy atom. The second-order valence-corrected chi connectivity index (χ2v) is 8.41. The van der Waals surface area contributed by atoms with Gasteiger partial charge in [-0.1, -0.05) is 12.2 Å². The lowest BCUT2D eigenvalue weighted by atomic mass is 9.97. The predicted molar refractivity (Wildman–Crippen MR) is 130 cm³/mol. The first-order chi connectivity index (χ1) is 17.3. The number of nitrogens with zero attached hydrogens (tertiary/aromatic N) is 2. The van der Waals surface area contributed by atoms with Crippen molar-refractivity contribution in [3.63, 3.8) is 0 Å². The van der Waals surface area contributed by atoms with Gasteiger partial charge in [0.15, 0.2) is 0 Å². The van der Waals surface area contributed by atoms with Gasteiger partial charge >= 0.3 is 5.97 Å². The van der Waals surface area contributed by atoms with Gasteiger partial charge < -0.3 is 9.84 Å². The fourth-order valence-electron chi connectivity index (χ4n) is 4.06. The number of aryl methyl sites for hydroxylation is 1. The molecule has 0 aliphatic rings. The maximum absolute atomic E-state index is 14.6. The number of methoxy groups -OCH3 is 1. The molecule has 1 atom stereocenters. The number of hydrogen-bond acceptors (Lipinski definition) is 4. The summed E-state index contributed by atoms with van der Waals surface area (Å²) in [5, 5.41) is 10.3. The molecule has 1 heterocycles. The quantitative estimate of drug-likeness (QED) is 0.304. The zero-order valence-electron chi connectivity index (χ0n) is 19.9. The zero-order chi connectivity index (χ0) is 26.1. The third-order valence-corrected chi connectivity index (χ3v) is 5.96. The average molecular weight is 505 g/mol. The largest absolute Gasteiger partial charge is 0.497 e. The first kappa shape index (κ1) is 27.1. The molecule has 1 N–H and O–H groups in total. The normalized spacial score (nSPS) is 12.5. The number of alkyl halides is 1. The van der Waals surface area contributed by atoms with Crippen molar-refractivity contribution in [2.24, 2.45) is 5.92 Å². The summed E-state index contributed by atoms with van der Waals surface area (Å²) in [4.78, 5) is 17.6. The molecular formula is C27H28F4N2O3. The summed E-state index contributed by atoms with van der Waals surface area (Å²) in [6, 6.07) is 8.23. The molecule has 3 aromatic rings. The van der Waals surface area contributed by atoms with Gasteiger partial charge in [0, 0.05) is 30.6 Å². The molecule has 36 heavy (non-hydrogen) atoms. The van der Waals surface area contributed by atoms with Gasteiger partial charge in [-0.05, 0) is 61.2 Å². The van der Waals surface area contributed by atoms with E-state index in [1.165, 1.54) is 19.3 Å². The highest BCUT2D eigenvalue weighted by Crippen LogP contribution is 2.26. The number of halogens is 4. The molecule has 0 saturated heterocycles. The molecule has 9 heteroatoms. The van der Waals surface area contributed by atoms with Crippen molar-refractivity contribution in [1.82, 2.24) is 9.88 Å². The Kier molecular flexibility index (Phi) is 9.81. The van der Waals surface area contributed by atoms with Gasteiger partial charge in [-0.15, -0.1) is 0 Å². The lowest BCUT2D eigenvalue weighted by molar-refractivity contribution is -0.142. The summed E-state index contributed by atoms with van der Waals surface area (Å²) in [6.45, 7) is -0.483. The summed E-state index contributed by atoms with van der Waals surface area (Å²) in [5.74, 6) is -2.95. The second-order valence-electron chi connectivity index (χ2n) is 8.41. The van der Waals surface area contributed by atoms with Crippen LogP contribution in [0.15, 0.2) is 48.7 Å². The van der Waals surface area contributed by atoms with Crippen LogP contribution in [0.5, 0.6) is 5.75 Å². The Morgan fingerprint density at radius 1 is 1.17 bits per heavy atom. The molecule has 5 nitrogen and oxygen atoms in total. The first-order valence-corrected chi connectivity index (χ1v) is 11.6. The fourth-order valence-corrected chi connectivity index (χ4v) is 4.06. The topological polar surface area (TPSA) is 62.7 Å². The van der Waals surface area contributed by atoms with Crippen molar-refractivity contribution >= 4 is 22.9 Å². The number of hydrogen-bond donors (Lipinski definition) is 1. The van der Waals surface area contributed by atoms with E-state index in [-0.39, 0.29) is 31.6 Å². The number of rotatable bonds is 13. The molecule has 0 unspecified atom stereocenters. The van der Waals surface area contributed by atoms with E-state index in [9.17, 15) is 27.5 Å². The monoisotopic (exact) mass is 504 g/mol. The van der Waals surface area contributed by atoms with Crippen LogP contribution < -0.4 is 4.74 Å². The smallest absolute Gasteiger partial charge is 0.307 e. The van der Waals surface area contributed by atoms with Gasteiger partial charge in [0.25, 0.3) is 0 Å². The van der Waals surface area contributed by atoms with E-state index in [0.717, 1.165) is 24.4 Å². The molecule has 0 aliphatic heterocycles. The lowest BCUT2D eigenvalue weighted by Gasteiger charge is -2.23. The summed E-state index contributed by atoms with van der Waals surface area (Å²) < 4.78 is 60.0. The van der Waals surface area contributed by atoms with Crippen LogP contribution in [0.1, 0.15) is 24.0 Å². The van der Waals surface area contributed by atoms with Crippen LogP contribution in [0.2, 0.25) is 0 Å². The van der Waals surface area contributed by atoms with E-state index in [1.54, 1.807) is 23.1 Å². The number of aliphatic carboxylic acids is 1. The van der Waals surface area contributed by atoms with Crippen LogP contribution in [0.25, 0.3) is 17.0 Å². The molecule has 0 radical (unpaired) electrons. The van der Waals surface area contributed by atoms with E-state index in [4.69, 9.17) is 4.74 Å². The highest BCUT2D eigenvalue weighted by atomic mass is 19.1. The third-order valence-electron chi connectivity index (χ3n) is 5.96. The van der Waals surface area contributed by atoms with Crippen molar-refractivity contribution in [1.29, 1.82) is 0 Å². The van der Waals surface area contributed by atoms with Gasteiger partial charge in [0.1, 0.15) is 29.9 Å². The van der Waals surface area contributed by atoms with Crippen molar-refractivity contribution < 1.29 is 32.2 Å². The van der Waals surface area contributed by atoms with Crippen molar-refractivity contribution in [3.8, 4) is 5.75 Å². The summed E-state index contributed by atoms with van der Waals surface area (Å²) in [6.07, 6.45) is 4.99. The molecule has 192 valence electrons. The van der Waals surface area contributed by atoms with E-state index >= 15 is 0 Å². The summed E-state index contributed by atoms with van der Waals surface area (Å²) in [5.41, 5.74) is 1.09. The maximum atomic E-state index is 14.6. The van der Waals surface area contributed by atoms with Gasteiger partial charge in [0.2, 0.25) is 0 Å². The molecule has 1 aromatic heterocycles. The Morgan fingerprint density at radius 2 is 1.97 bits per heavy atom. The lowest BCUT2D eigenvalue weighted by Crippen LogP contribution is -2.35. The highest BCUT2D eigenvalue weighted by molar-refractivity contribution is 5.83. The Labute approximate surface area is 207 Å². The molecule has 0 bridgehead atoms. The van der Waals surface area contributed by atoms with Crippen molar-refractivity contribution in [2.45, 2.75) is 19.3 Å². The standard InChI is InChI=1S/C27H28F4N2O3/c1-36-21-8-10-26-23(15-21)22(25(31)16-32-26)6-2-4-19(27(34)35)17-33(13-11-28)12-3-5-18-14-20(29)7-9-24(18)30/h3,5,7-10,14-16,19H,2,4,6,11-13,17H2,1H3,(H,34,35)/b5-3+/t19-/m0/s1.